The van der Waals surface area contributed by atoms with E-state index in [9.17, 15) is 9.90 Å². The summed E-state index contributed by atoms with van der Waals surface area (Å²) in [5.41, 5.74) is 1.38. The molecular formula is C31H37ClN2O2. The number of likely N-dealkylation sites (tertiary alicyclic amines) is 1. The topological polar surface area (TPSA) is 43.8 Å². The van der Waals surface area contributed by atoms with Gasteiger partial charge in [-0.15, -0.1) is 0 Å². The zero-order valence-electron chi connectivity index (χ0n) is 21.4. The lowest BCUT2D eigenvalue weighted by molar-refractivity contribution is -0.136. The maximum Gasteiger partial charge on any atom is 0.237 e. The number of rotatable bonds is 9. The summed E-state index contributed by atoms with van der Waals surface area (Å²) in [4.78, 5) is 18.6. The summed E-state index contributed by atoms with van der Waals surface area (Å²) in [7, 11) is 0. The first-order valence-electron chi connectivity index (χ1n) is 13.0. The molecule has 0 atom stereocenters. The van der Waals surface area contributed by atoms with Crippen molar-refractivity contribution in [3.05, 3.63) is 107 Å². The van der Waals surface area contributed by atoms with Gasteiger partial charge >= 0.3 is 0 Å². The van der Waals surface area contributed by atoms with Crippen molar-refractivity contribution >= 4 is 17.5 Å². The van der Waals surface area contributed by atoms with Gasteiger partial charge in [-0.25, -0.2) is 0 Å². The first-order chi connectivity index (χ1) is 17.4. The van der Waals surface area contributed by atoms with Gasteiger partial charge in [0.15, 0.2) is 0 Å². The molecule has 36 heavy (non-hydrogen) atoms. The Balaban J connectivity index is 1.61. The minimum Gasteiger partial charge on any atom is -0.385 e. The molecule has 3 aromatic carbocycles. The van der Waals surface area contributed by atoms with Crippen molar-refractivity contribution in [2.24, 2.45) is 0 Å². The standard InChI is InChI=1S/C31H37ClN2O2/c1-3-34(4-2)29(35)31(26-11-7-5-8-12-26,27-13-9-6-10-14-27)21-24-33-22-19-30(36,20-23-33)25-15-17-28(32)18-16-25/h5-18,36H,3-4,19-24H2,1-2H3. The maximum atomic E-state index is 14.3. The summed E-state index contributed by atoms with van der Waals surface area (Å²) in [6.45, 7) is 7.77. The van der Waals surface area contributed by atoms with Crippen LogP contribution in [0.3, 0.4) is 0 Å². The number of carbonyl (C=O) groups is 1. The predicted octanol–water partition coefficient (Wildman–Crippen LogP) is 5.87. The van der Waals surface area contributed by atoms with Crippen molar-refractivity contribution in [1.29, 1.82) is 0 Å². The Morgan fingerprint density at radius 2 is 1.39 bits per heavy atom. The quantitative estimate of drug-likeness (QED) is 0.396. The summed E-state index contributed by atoms with van der Waals surface area (Å²) in [5.74, 6) is 0.152. The van der Waals surface area contributed by atoms with Crippen LogP contribution in [0.1, 0.15) is 49.8 Å². The van der Waals surface area contributed by atoms with Gasteiger partial charge in [-0.05, 0) is 68.5 Å². The molecule has 0 saturated carbocycles. The second-order valence-corrected chi connectivity index (χ2v) is 10.2. The van der Waals surface area contributed by atoms with E-state index >= 15 is 0 Å². The van der Waals surface area contributed by atoms with E-state index in [-0.39, 0.29) is 5.91 Å². The molecule has 1 heterocycles. The fourth-order valence-electron chi connectivity index (χ4n) is 5.56. The molecule has 1 aliphatic rings. The highest BCUT2D eigenvalue weighted by atomic mass is 35.5. The van der Waals surface area contributed by atoms with Crippen LogP contribution in [0.15, 0.2) is 84.9 Å². The van der Waals surface area contributed by atoms with Crippen LogP contribution in [-0.2, 0) is 15.8 Å². The minimum absolute atomic E-state index is 0.152. The number of hydrogen-bond donors (Lipinski definition) is 1. The third-order valence-corrected chi connectivity index (χ3v) is 8.07. The van der Waals surface area contributed by atoms with Crippen molar-refractivity contribution in [2.45, 2.75) is 44.1 Å². The number of halogens is 1. The van der Waals surface area contributed by atoms with Crippen LogP contribution in [-0.4, -0.2) is 53.5 Å². The highest BCUT2D eigenvalue weighted by molar-refractivity contribution is 6.30. The predicted molar refractivity (Wildman–Crippen MR) is 147 cm³/mol. The zero-order valence-corrected chi connectivity index (χ0v) is 22.1. The molecule has 0 radical (unpaired) electrons. The number of nitrogens with zero attached hydrogens (tertiary/aromatic N) is 2. The Labute approximate surface area is 220 Å². The van der Waals surface area contributed by atoms with Gasteiger partial charge in [-0.3, -0.25) is 4.79 Å². The monoisotopic (exact) mass is 504 g/mol. The summed E-state index contributed by atoms with van der Waals surface area (Å²) < 4.78 is 0. The van der Waals surface area contributed by atoms with Gasteiger partial charge in [-0.1, -0.05) is 84.4 Å². The van der Waals surface area contributed by atoms with Crippen molar-refractivity contribution < 1.29 is 9.90 Å². The minimum atomic E-state index is -0.839. The molecule has 0 aromatic heterocycles. The number of piperidine rings is 1. The Hall–Kier alpha value is -2.66. The number of benzene rings is 3. The average Bonchev–Trinajstić information content (AvgIpc) is 2.92. The smallest absolute Gasteiger partial charge is 0.237 e. The second kappa shape index (κ2) is 11.6. The lowest BCUT2D eigenvalue weighted by Gasteiger charge is -2.42. The molecule has 1 N–H and O–H groups in total. The molecule has 4 nitrogen and oxygen atoms in total. The Bertz CT molecular complexity index is 1070. The van der Waals surface area contributed by atoms with E-state index in [0.717, 1.165) is 36.3 Å². The van der Waals surface area contributed by atoms with Gasteiger partial charge in [0, 0.05) is 31.2 Å². The molecule has 4 rings (SSSR count). The Morgan fingerprint density at radius 1 is 0.889 bits per heavy atom. The van der Waals surface area contributed by atoms with Crippen LogP contribution in [0.5, 0.6) is 0 Å². The van der Waals surface area contributed by atoms with E-state index in [1.165, 1.54) is 0 Å². The highest BCUT2D eigenvalue weighted by Gasteiger charge is 2.44. The highest BCUT2D eigenvalue weighted by Crippen LogP contribution is 2.39. The Kier molecular flexibility index (Phi) is 8.50. The first-order valence-corrected chi connectivity index (χ1v) is 13.4. The second-order valence-electron chi connectivity index (χ2n) is 9.74. The number of carbonyl (C=O) groups excluding carboxylic acids is 1. The summed E-state index contributed by atoms with van der Waals surface area (Å²) in [5, 5.41) is 12.0. The molecule has 0 bridgehead atoms. The SMILES string of the molecule is CCN(CC)C(=O)C(CCN1CCC(O)(c2ccc(Cl)cc2)CC1)(c1ccccc1)c1ccccc1. The maximum absolute atomic E-state index is 14.3. The van der Waals surface area contributed by atoms with E-state index in [0.29, 0.717) is 37.4 Å². The molecule has 0 unspecified atom stereocenters. The van der Waals surface area contributed by atoms with Crippen LogP contribution < -0.4 is 0 Å². The van der Waals surface area contributed by atoms with Gasteiger partial charge in [0.1, 0.15) is 5.41 Å². The molecule has 0 aliphatic carbocycles. The molecular weight excluding hydrogens is 468 g/mol. The van der Waals surface area contributed by atoms with E-state index in [1.807, 2.05) is 79.4 Å². The molecule has 1 saturated heterocycles. The van der Waals surface area contributed by atoms with Gasteiger partial charge in [0.2, 0.25) is 5.91 Å². The molecule has 5 heteroatoms. The van der Waals surface area contributed by atoms with Crippen molar-refractivity contribution in [1.82, 2.24) is 9.80 Å². The fourth-order valence-corrected chi connectivity index (χ4v) is 5.68. The molecule has 1 aliphatic heterocycles. The van der Waals surface area contributed by atoms with E-state index in [4.69, 9.17) is 11.6 Å². The van der Waals surface area contributed by atoms with Crippen LogP contribution in [0.2, 0.25) is 5.02 Å². The lowest BCUT2D eigenvalue weighted by Crippen LogP contribution is -2.50. The van der Waals surface area contributed by atoms with Crippen LogP contribution in [0.4, 0.5) is 0 Å². The molecule has 1 fully saturated rings. The average molecular weight is 505 g/mol. The number of hydrogen-bond acceptors (Lipinski definition) is 3. The van der Waals surface area contributed by atoms with E-state index in [1.54, 1.807) is 0 Å². The Morgan fingerprint density at radius 3 is 1.86 bits per heavy atom. The van der Waals surface area contributed by atoms with Gasteiger partial charge in [-0.2, -0.15) is 0 Å². The van der Waals surface area contributed by atoms with Crippen LogP contribution in [0, 0.1) is 0 Å². The summed E-state index contributed by atoms with van der Waals surface area (Å²) in [6, 6.07) is 28.0. The largest absolute Gasteiger partial charge is 0.385 e. The van der Waals surface area contributed by atoms with Gasteiger partial charge in [0.05, 0.1) is 5.60 Å². The first kappa shape index (κ1) is 26.4. The number of amides is 1. The molecule has 1 amide bonds. The fraction of sp³-hybridized carbons (Fsp3) is 0.387. The van der Waals surface area contributed by atoms with Crippen LogP contribution >= 0.6 is 11.6 Å². The van der Waals surface area contributed by atoms with E-state index in [2.05, 4.69) is 29.2 Å². The normalized spacial score (nSPS) is 16.0. The van der Waals surface area contributed by atoms with Crippen molar-refractivity contribution in [3.63, 3.8) is 0 Å². The van der Waals surface area contributed by atoms with E-state index < -0.39 is 11.0 Å². The van der Waals surface area contributed by atoms with Crippen molar-refractivity contribution in [2.75, 3.05) is 32.7 Å². The van der Waals surface area contributed by atoms with Crippen molar-refractivity contribution in [3.8, 4) is 0 Å². The molecule has 3 aromatic rings. The zero-order chi connectivity index (χ0) is 25.6. The molecule has 190 valence electrons. The lowest BCUT2D eigenvalue weighted by atomic mass is 9.70. The number of aliphatic hydroxyl groups is 1. The third kappa shape index (κ3) is 5.36. The third-order valence-electron chi connectivity index (χ3n) is 7.82. The summed E-state index contributed by atoms with van der Waals surface area (Å²) in [6.07, 6.45) is 1.99. The number of likely N-dealkylation sites (N-methyl/N-ethyl adjacent to an activating group) is 1. The van der Waals surface area contributed by atoms with Gasteiger partial charge < -0.3 is 14.9 Å². The van der Waals surface area contributed by atoms with Crippen LogP contribution in [0.25, 0.3) is 0 Å². The summed E-state index contributed by atoms with van der Waals surface area (Å²) >= 11 is 6.05. The molecule has 0 spiro atoms. The van der Waals surface area contributed by atoms with Gasteiger partial charge in [0.25, 0.3) is 0 Å².